The molecule has 3 fully saturated rings. The predicted octanol–water partition coefficient (Wildman–Crippen LogP) is 5.80. The minimum Gasteiger partial charge on any atom is -0.436 e. The molecule has 0 unspecified atom stereocenters. The van der Waals surface area contributed by atoms with Gasteiger partial charge in [-0.15, -0.1) is 11.3 Å². The standard InChI is InChI=1S/C32H40BrF3N6O4S/c33-25-16-20(15-24(28(25)37)32(34,35)36)17-27(29(43)40-10-4-22(5-11-40)39-8-1-2-9-39)46-31(45)41-12-6-23(7-13-41)42-14-3-21-18-47-19-26(21)38-30(42)44/h15-16,18-19,22-23,27H,1-14,17,37H2,(H,38,44)/t27-/m1/s1. The van der Waals surface area contributed by atoms with Gasteiger partial charge in [-0.1, -0.05) is 0 Å². The monoisotopic (exact) mass is 740 g/mol. The third kappa shape index (κ3) is 7.67. The van der Waals surface area contributed by atoms with E-state index in [0.29, 0.717) is 51.6 Å². The predicted molar refractivity (Wildman–Crippen MR) is 176 cm³/mol. The summed E-state index contributed by atoms with van der Waals surface area (Å²) >= 11 is 4.68. The van der Waals surface area contributed by atoms with Gasteiger partial charge in [-0.2, -0.15) is 13.2 Å². The average molecular weight is 742 g/mol. The van der Waals surface area contributed by atoms with Crippen molar-refractivity contribution in [1.82, 2.24) is 19.6 Å². The number of carbonyl (C=O) groups is 3. The molecule has 4 aliphatic heterocycles. The van der Waals surface area contributed by atoms with E-state index in [1.807, 2.05) is 15.7 Å². The summed E-state index contributed by atoms with van der Waals surface area (Å²) in [5.74, 6) is -0.414. The summed E-state index contributed by atoms with van der Waals surface area (Å²) in [6.07, 6.45) is -1.17. The van der Waals surface area contributed by atoms with Crippen LogP contribution in [0.1, 0.15) is 55.2 Å². The molecule has 256 valence electrons. The highest BCUT2D eigenvalue weighted by atomic mass is 79.9. The number of alkyl halides is 3. The van der Waals surface area contributed by atoms with E-state index in [2.05, 4.69) is 26.1 Å². The number of piperidine rings is 2. The molecule has 6 rings (SSSR count). The van der Waals surface area contributed by atoms with Crippen molar-refractivity contribution in [2.45, 2.75) is 75.7 Å². The van der Waals surface area contributed by atoms with Gasteiger partial charge in [-0.25, -0.2) is 9.59 Å². The summed E-state index contributed by atoms with van der Waals surface area (Å²) in [6.45, 7) is 4.31. The quantitative estimate of drug-likeness (QED) is 0.363. The molecule has 2 aromatic rings. The lowest BCUT2D eigenvalue weighted by molar-refractivity contribution is -0.142. The Kier molecular flexibility index (Phi) is 10.2. The smallest absolute Gasteiger partial charge is 0.418 e. The van der Waals surface area contributed by atoms with Crippen LogP contribution >= 0.6 is 27.3 Å². The number of fused-ring (bicyclic) bond motifs is 1. The van der Waals surface area contributed by atoms with E-state index in [1.165, 1.54) is 23.8 Å². The number of nitrogens with one attached hydrogen (secondary N) is 1. The number of amides is 4. The summed E-state index contributed by atoms with van der Waals surface area (Å²) in [5.41, 5.74) is 6.39. The van der Waals surface area contributed by atoms with Crippen molar-refractivity contribution in [1.29, 1.82) is 0 Å². The Morgan fingerprint density at radius 3 is 2.32 bits per heavy atom. The van der Waals surface area contributed by atoms with Gasteiger partial charge >= 0.3 is 18.3 Å². The Labute approximate surface area is 284 Å². The number of likely N-dealkylation sites (tertiary alicyclic amines) is 3. The molecular weight excluding hydrogens is 701 g/mol. The number of anilines is 2. The van der Waals surface area contributed by atoms with Crippen molar-refractivity contribution >= 4 is 56.7 Å². The summed E-state index contributed by atoms with van der Waals surface area (Å²) in [4.78, 5) is 47.8. The van der Waals surface area contributed by atoms with Crippen molar-refractivity contribution in [3.8, 4) is 0 Å². The lowest BCUT2D eigenvalue weighted by atomic mass is 10.00. The molecule has 1 aromatic carbocycles. The van der Waals surface area contributed by atoms with Crippen molar-refractivity contribution in [3.05, 3.63) is 44.1 Å². The van der Waals surface area contributed by atoms with Gasteiger partial charge in [0.1, 0.15) is 0 Å². The van der Waals surface area contributed by atoms with Gasteiger partial charge in [-0.05, 0) is 103 Å². The van der Waals surface area contributed by atoms with Crippen LogP contribution in [0, 0.1) is 0 Å². The number of ether oxygens (including phenoxy) is 1. The lowest BCUT2D eigenvalue weighted by Crippen LogP contribution is -2.52. The average Bonchev–Trinajstić information content (AvgIpc) is 3.72. The first kappa shape index (κ1) is 33.8. The first-order chi connectivity index (χ1) is 22.5. The summed E-state index contributed by atoms with van der Waals surface area (Å²) in [7, 11) is 0. The van der Waals surface area contributed by atoms with E-state index in [9.17, 15) is 27.6 Å². The molecule has 3 N–H and O–H groups in total. The van der Waals surface area contributed by atoms with Crippen LogP contribution in [-0.2, 0) is 28.5 Å². The summed E-state index contributed by atoms with van der Waals surface area (Å²) in [6, 6.07) is 2.54. The van der Waals surface area contributed by atoms with Crippen LogP contribution in [0.25, 0.3) is 0 Å². The molecule has 0 spiro atoms. The van der Waals surface area contributed by atoms with Gasteiger partial charge in [-0.3, -0.25) is 4.79 Å². The van der Waals surface area contributed by atoms with Gasteiger partial charge in [0.25, 0.3) is 5.91 Å². The second-order valence-corrected chi connectivity index (χ2v) is 14.4. The Bertz CT molecular complexity index is 1470. The number of urea groups is 1. The molecule has 4 amide bonds. The highest BCUT2D eigenvalue weighted by Crippen LogP contribution is 2.38. The van der Waals surface area contributed by atoms with Gasteiger partial charge in [0.05, 0.1) is 16.9 Å². The molecular formula is C32H40BrF3N6O4S. The van der Waals surface area contributed by atoms with Gasteiger partial charge in [0.2, 0.25) is 0 Å². The van der Waals surface area contributed by atoms with E-state index in [0.717, 1.165) is 49.7 Å². The van der Waals surface area contributed by atoms with Crippen LogP contribution in [0.15, 0.2) is 27.4 Å². The first-order valence-electron chi connectivity index (χ1n) is 16.2. The van der Waals surface area contributed by atoms with E-state index in [1.54, 1.807) is 16.2 Å². The largest absolute Gasteiger partial charge is 0.436 e. The van der Waals surface area contributed by atoms with Crippen LogP contribution in [0.3, 0.4) is 0 Å². The SMILES string of the molecule is Nc1c(Br)cc(C[C@@H](OC(=O)N2CCC(N3CCc4cscc4NC3=O)CC2)C(=O)N2CCC(N3CCCC3)CC2)cc1C(F)(F)F. The zero-order chi connectivity index (χ0) is 33.3. The molecule has 0 bridgehead atoms. The molecule has 5 heterocycles. The second kappa shape index (κ2) is 14.2. The molecule has 4 aliphatic rings. The lowest BCUT2D eigenvalue weighted by Gasteiger charge is -2.39. The number of nitrogen functional groups attached to an aromatic ring is 1. The Morgan fingerprint density at radius 2 is 1.64 bits per heavy atom. The molecule has 15 heteroatoms. The summed E-state index contributed by atoms with van der Waals surface area (Å²) in [5, 5.41) is 6.95. The minimum atomic E-state index is -4.70. The van der Waals surface area contributed by atoms with Crippen LogP contribution in [-0.4, -0.2) is 102 Å². The van der Waals surface area contributed by atoms with E-state index in [-0.39, 0.29) is 28.5 Å². The maximum atomic E-state index is 13.9. The molecule has 47 heavy (non-hydrogen) atoms. The fraction of sp³-hybridized carbons (Fsp3) is 0.594. The van der Waals surface area contributed by atoms with Gasteiger partial charge in [0.15, 0.2) is 6.10 Å². The van der Waals surface area contributed by atoms with Gasteiger partial charge < -0.3 is 35.4 Å². The highest BCUT2D eigenvalue weighted by Gasteiger charge is 2.38. The Morgan fingerprint density at radius 1 is 0.979 bits per heavy atom. The van der Waals surface area contributed by atoms with Crippen molar-refractivity contribution in [3.63, 3.8) is 0 Å². The number of hydrogen-bond donors (Lipinski definition) is 2. The van der Waals surface area contributed by atoms with Crippen LogP contribution < -0.4 is 11.1 Å². The molecule has 1 atom stereocenters. The normalized spacial score (nSPS) is 20.9. The topological polar surface area (TPSA) is 111 Å². The molecule has 0 aliphatic carbocycles. The number of benzene rings is 1. The zero-order valence-electron chi connectivity index (χ0n) is 26.1. The van der Waals surface area contributed by atoms with Crippen molar-refractivity contribution in [2.24, 2.45) is 0 Å². The number of halogens is 4. The van der Waals surface area contributed by atoms with E-state index < -0.39 is 35.5 Å². The van der Waals surface area contributed by atoms with Crippen LogP contribution in [0.4, 0.5) is 34.1 Å². The zero-order valence-corrected chi connectivity index (χ0v) is 28.5. The molecule has 10 nitrogen and oxygen atoms in total. The summed E-state index contributed by atoms with van der Waals surface area (Å²) < 4.78 is 47.2. The first-order valence-corrected chi connectivity index (χ1v) is 18.0. The number of hydrogen-bond acceptors (Lipinski definition) is 7. The third-order valence-corrected chi connectivity index (χ3v) is 11.3. The maximum Gasteiger partial charge on any atom is 0.418 e. The minimum absolute atomic E-state index is 0.0564. The highest BCUT2D eigenvalue weighted by molar-refractivity contribution is 9.10. The van der Waals surface area contributed by atoms with Crippen molar-refractivity contribution in [2.75, 3.05) is 56.9 Å². The van der Waals surface area contributed by atoms with E-state index in [4.69, 9.17) is 10.5 Å². The number of nitrogens with two attached hydrogens (primary N) is 1. The second-order valence-electron chi connectivity index (χ2n) is 12.8. The van der Waals surface area contributed by atoms with Gasteiger partial charge in [0, 0.05) is 61.1 Å². The molecule has 1 aromatic heterocycles. The molecule has 3 saturated heterocycles. The molecule has 0 radical (unpaired) electrons. The number of rotatable bonds is 6. The number of carbonyl (C=O) groups excluding carboxylic acids is 3. The Balaban J connectivity index is 1.12. The third-order valence-electron chi connectivity index (χ3n) is 9.90. The number of nitrogens with zero attached hydrogens (tertiary/aromatic N) is 4. The maximum absolute atomic E-state index is 13.9. The fourth-order valence-electron chi connectivity index (χ4n) is 7.24. The molecule has 0 saturated carbocycles. The number of thiophene rings is 1. The Hall–Kier alpha value is -3.04. The van der Waals surface area contributed by atoms with Crippen molar-refractivity contribution < 1.29 is 32.3 Å². The van der Waals surface area contributed by atoms with Crippen LogP contribution in [0.5, 0.6) is 0 Å². The fourth-order valence-corrected chi connectivity index (χ4v) is 8.57. The van der Waals surface area contributed by atoms with Crippen LogP contribution in [0.2, 0.25) is 0 Å². The van der Waals surface area contributed by atoms with E-state index >= 15 is 0 Å².